The summed E-state index contributed by atoms with van der Waals surface area (Å²) in [4.78, 5) is 0. The summed E-state index contributed by atoms with van der Waals surface area (Å²) in [5, 5.41) is 0. The van der Waals surface area contributed by atoms with Gasteiger partial charge in [-0.05, 0) is 30.1 Å². The molecule has 4 atom stereocenters. The van der Waals surface area contributed by atoms with Gasteiger partial charge in [0.05, 0.1) is 0 Å². The largest absolute Gasteiger partial charge is 0.0654 e. The van der Waals surface area contributed by atoms with Crippen LogP contribution in [0.5, 0.6) is 0 Å². The lowest BCUT2D eigenvalue weighted by atomic mass is 9.77. The molecule has 0 nitrogen and oxygen atoms in total. The summed E-state index contributed by atoms with van der Waals surface area (Å²) < 4.78 is 0. The minimum Gasteiger partial charge on any atom is -0.0654 e. The van der Waals surface area contributed by atoms with E-state index in [0.29, 0.717) is 0 Å². The molecule has 13 heavy (non-hydrogen) atoms. The van der Waals surface area contributed by atoms with Crippen molar-refractivity contribution < 1.29 is 0 Å². The number of rotatable bonds is 4. The fraction of sp³-hybridized carbons (Fsp3) is 1.00. The quantitative estimate of drug-likeness (QED) is 0.600. The van der Waals surface area contributed by atoms with Crippen LogP contribution >= 0.6 is 0 Å². The van der Waals surface area contributed by atoms with Gasteiger partial charge in [-0.1, -0.05) is 53.4 Å². The molecule has 0 heterocycles. The molecular weight excluding hydrogens is 156 g/mol. The van der Waals surface area contributed by atoms with Crippen LogP contribution in [-0.4, -0.2) is 0 Å². The molecule has 1 saturated carbocycles. The van der Waals surface area contributed by atoms with Crippen molar-refractivity contribution in [1.29, 1.82) is 0 Å². The monoisotopic (exact) mass is 182 g/mol. The molecule has 0 aromatic heterocycles. The standard InChI is InChI=1S/C13H26/c1-5-7-10(2)12(4)13-9-6-8-11(13)3/h10-13H,5-9H2,1-4H3. The fourth-order valence-electron chi connectivity index (χ4n) is 3.10. The van der Waals surface area contributed by atoms with Gasteiger partial charge in [0.25, 0.3) is 0 Å². The second-order valence-corrected chi connectivity index (χ2v) is 5.20. The molecule has 0 saturated heterocycles. The summed E-state index contributed by atoms with van der Waals surface area (Å²) in [6.07, 6.45) is 7.23. The van der Waals surface area contributed by atoms with Crippen LogP contribution in [0, 0.1) is 23.7 Å². The summed E-state index contributed by atoms with van der Waals surface area (Å²) in [7, 11) is 0. The van der Waals surface area contributed by atoms with Crippen LogP contribution in [0.3, 0.4) is 0 Å². The van der Waals surface area contributed by atoms with E-state index in [9.17, 15) is 0 Å². The Balaban J connectivity index is 2.40. The Hall–Kier alpha value is 0. The highest BCUT2D eigenvalue weighted by Crippen LogP contribution is 2.40. The molecule has 0 radical (unpaired) electrons. The van der Waals surface area contributed by atoms with E-state index in [0.717, 1.165) is 23.7 Å². The first-order chi connectivity index (χ1) is 6.16. The Morgan fingerprint density at radius 3 is 2.38 bits per heavy atom. The first kappa shape index (κ1) is 11.1. The number of hydrogen-bond donors (Lipinski definition) is 0. The molecule has 0 aromatic carbocycles. The molecule has 0 bridgehead atoms. The molecule has 0 spiro atoms. The van der Waals surface area contributed by atoms with Gasteiger partial charge in [0.1, 0.15) is 0 Å². The SMILES string of the molecule is CCCC(C)C(C)C1CCCC1C. The zero-order valence-electron chi connectivity index (χ0n) is 9.84. The van der Waals surface area contributed by atoms with E-state index >= 15 is 0 Å². The predicted molar refractivity (Wildman–Crippen MR) is 59.7 cm³/mol. The summed E-state index contributed by atoms with van der Waals surface area (Å²) in [5.74, 6) is 3.92. The molecule has 0 N–H and O–H groups in total. The van der Waals surface area contributed by atoms with E-state index < -0.39 is 0 Å². The Labute approximate surface area is 84.1 Å². The van der Waals surface area contributed by atoms with Gasteiger partial charge >= 0.3 is 0 Å². The van der Waals surface area contributed by atoms with Crippen LogP contribution in [0.4, 0.5) is 0 Å². The Bertz CT molecular complexity index is 139. The maximum absolute atomic E-state index is 2.48. The molecule has 1 aliphatic rings. The Morgan fingerprint density at radius 2 is 1.92 bits per heavy atom. The minimum absolute atomic E-state index is 0.940. The summed E-state index contributed by atoms with van der Waals surface area (Å²) in [5.41, 5.74) is 0. The molecule has 1 fully saturated rings. The van der Waals surface area contributed by atoms with Crippen molar-refractivity contribution in [3.63, 3.8) is 0 Å². The van der Waals surface area contributed by atoms with Crippen molar-refractivity contribution in [3.05, 3.63) is 0 Å². The van der Waals surface area contributed by atoms with E-state index in [1.807, 2.05) is 0 Å². The lowest BCUT2D eigenvalue weighted by Gasteiger charge is -2.28. The van der Waals surface area contributed by atoms with Crippen molar-refractivity contribution in [2.45, 2.75) is 59.8 Å². The highest BCUT2D eigenvalue weighted by molar-refractivity contribution is 4.80. The van der Waals surface area contributed by atoms with Gasteiger partial charge < -0.3 is 0 Å². The zero-order valence-corrected chi connectivity index (χ0v) is 9.84. The average Bonchev–Trinajstić information content (AvgIpc) is 2.50. The predicted octanol–water partition coefficient (Wildman–Crippen LogP) is 4.49. The van der Waals surface area contributed by atoms with Crippen LogP contribution in [0.25, 0.3) is 0 Å². The van der Waals surface area contributed by atoms with E-state index in [1.54, 1.807) is 0 Å². The van der Waals surface area contributed by atoms with Crippen LogP contribution < -0.4 is 0 Å². The van der Waals surface area contributed by atoms with Crippen molar-refractivity contribution in [1.82, 2.24) is 0 Å². The van der Waals surface area contributed by atoms with Crippen molar-refractivity contribution in [2.24, 2.45) is 23.7 Å². The molecule has 0 heteroatoms. The third kappa shape index (κ3) is 2.72. The second kappa shape index (κ2) is 5.02. The van der Waals surface area contributed by atoms with Gasteiger partial charge in [-0.2, -0.15) is 0 Å². The van der Waals surface area contributed by atoms with Crippen LogP contribution in [0.2, 0.25) is 0 Å². The summed E-state index contributed by atoms with van der Waals surface area (Å²) in [6.45, 7) is 9.68. The maximum atomic E-state index is 2.48. The summed E-state index contributed by atoms with van der Waals surface area (Å²) in [6, 6.07) is 0. The van der Waals surface area contributed by atoms with Crippen molar-refractivity contribution >= 4 is 0 Å². The molecule has 1 rings (SSSR count). The molecule has 0 amide bonds. The van der Waals surface area contributed by atoms with Gasteiger partial charge in [0.15, 0.2) is 0 Å². The molecule has 0 aromatic rings. The van der Waals surface area contributed by atoms with E-state index in [1.165, 1.54) is 32.1 Å². The van der Waals surface area contributed by atoms with Crippen molar-refractivity contribution in [2.75, 3.05) is 0 Å². The van der Waals surface area contributed by atoms with Gasteiger partial charge in [0, 0.05) is 0 Å². The zero-order chi connectivity index (χ0) is 9.84. The topological polar surface area (TPSA) is 0 Å². The molecule has 4 unspecified atom stereocenters. The molecule has 1 aliphatic carbocycles. The maximum Gasteiger partial charge on any atom is -0.0360 e. The highest BCUT2D eigenvalue weighted by atomic mass is 14.4. The van der Waals surface area contributed by atoms with E-state index in [2.05, 4.69) is 27.7 Å². The smallest absolute Gasteiger partial charge is 0.0360 e. The van der Waals surface area contributed by atoms with Gasteiger partial charge in [-0.25, -0.2) is 0 Å². The van der Waals surface area contributed by atoms with Crippen LogP contribution in [0.15, 0.2) is 0 Å². The van der Waals surface area contributed by atoms with E-state index in [4.69, 9.17) is 0 Å². The summed E-state index contributed by atoms with van der Waals surface area (Å²) >= 11 is 0. The third-order valence-electron chi connectivity index (χ3n) is 4.24. The van der Waals surface area contributed by atoms with Crippen LogP contribution in [0.1, 0.15) is 59.8 Å². The normalized spacial score (nSPS) is 33.2. The Morgan fingerprint density at radius 1 is 1.23 bits per heavy atom. The molecule has 0 aliphatic heterocycles. The Kier molecular flexibility index (Phi) is 4.28. The van der Waals surface area contributed by atoms with Gasteiger partial charge in [-0.15, -0.1) is 0 Å². The minimum atomic E-state index is 0.940. The molecule has 78 valence electrons. The lowest BCUT2D eigenvalue weighted by Crippen LogP contribution is -2.20. The van der Waals surface area contributed by atoms with Crippen LogP contribution in [-0.2, 0) is 0 Å². The lowest BCUT2D eigenvalue weighted by molar-refractivity contribution is 0.211. The van der Waals surface area contributed by atoms with E-state index in [-0.39, 0.29) is 0 Å². The van der Waals surface area contributed by atoms with Gasteiger partial charge in [-0.3, -0.25) is 0 Å². The average molecular weight is 182 g/mol. The van der Waals surface area contributed by atoms with Gasteiger partial charge in [0.2, 0.25) is 0 Å². The highest BCUT2D eigenvalue weighted by Gasteiger charge is 2.30. The fourth-order valence-corrected chi connectivity index (χ4v) is 3.10. The first-order valence-electron chi connectivity index (χ1n) is 6.16. The third-order valence-corrected chi connectivity index (χ3v) is 4.24. The molecular formula is C13H26. The first-order valence-corrected chi connectivity index (χ1v) is 6.16. The number of hydrogen-bond acceptors (Lipinski definition) is 0. The van der Waals surface area contributed by atoms with Crippen molar-refractivity contribution in [3.8, 4) is 0 Å². The second-order valence-electron chi connectivity index (χ2n) is 5.20.